The number of hydrogen-bond donors (Lipinski definition) is 2. The minimum absolute atomic E-state index is 0.244. The number of nitrogens with zero attached hydrogens (tertiary/aromatic N) is 2. The van der Waals surface area contributed by atoms with E-state index < -0.39 is 23.6 Å². The molecule has 4 amide bonds. The van der Waals surface area contributed by atoms with Crippen molar-refractivity contribution in [3.05, 3.63) is 108 Å². The third-order valence-corrected chi connectivity index (χ3v) is 6.52. The highest BCUT2D eigenvalue weighted by Crippen LogP contribution is 2.35. The van der Waals surface area contributed by atoms with Gasteiger partial charge in [-0.15, -0.1) is 0 Å². The molecule has 1 aliphatic rings. The van der Waals surface area contributed by atoms with Gasteiger partial charge in [-0.3, -0.25) is 15.0 Å². The lowest BCUT2D eigenvalue weighted by Gasteiger charge is -2.43. The molecule has 0 aliphatic carbocycles. The highest BCUT2D eigenvalue weighted by molar-refractivity contribution is 6.04. The van der Waals surface area contributed by atoms with Crippen LogP contribution >= 0.6 is 0 Å². The predicted molar refractivity (Wildman–Crippen MR) is 150 cm³/mol. The van der Waals surface area contributed by atoms with Crippen LogP contribution in [-0.4, -0.2) is 59.6 Å². The number of piperazine rings is 1. The van der Waals surface area contributed by atoms with E-state index in [1.807, 2.05) is 87.5 Å². The van der Waals surface area contributed by atoms with Gasteiger partial charge < -0.3 is 15.0 Å². The van der Waals surface area contributed by atoms with Gasteiger partial charge in [-0.1, -0.05) is 78.9 Å². The van der Waals surface area contributed by atoms with Crippen LogP contribution in [0.5, 0.6) is 0 Å². The SMILES string of the molecule is CC(C)(C)OC(=O)N1CCN(C(c2ccccc2)C(NC(=O)NC(=O)c2ccccc2)c2ccccc2)CC1. The molecule has 8 heteroatoms. The molecular formula is C31H36N4O4. The Morgan fingerprint density at radius 1 is 0.744 bits per heavy atom. The van der Waals surface area contributed by atoms with Crippen molar-refractivity contribution in [1.29, 1.82) is 0 Å². The third kappa shape index (κ3) is 7.67. The van der Waals surface area contributed by atoms with Crippen molar-refractivity contribution in [2.75, 3.05) is 26.2 Å². The van der Waals surface area contributed by atoms with E-state index in [2.05, 4.69) is 15.5 Å². The first-order valence-corrected chi connectivity index (χ1v) is 13.2. The smallest absolute Gasteiger partial charge is 0.410 e. The van der Waals surface area contributed by atoms with Crippen LogP contribution in [0, 0.1) is 0 Å². The summed E-state index contributed by atoms with van der Waals surface area (Å²) in [4.78, 5) is 42.5. The summed E-state index contributed by atoms with van der Waals surface area (Å²) in [5, 5.41) is 5.55. The van der Waals surface area contributed by atoms with Gasteiger partial charge in [0, 0.05) is 31.7 Å². The zero-order valence-electron chi connectivity index (χ0n) is 22.7. The minimum atomic E-state index is -0.578. The van der Waals surface area contributed by atoms with Gasteiger partial charge in [-0.2, -0.15) is 0 Å². The number of carbonyl (C=O) groups is 3. The van der Waals surface area contributed by atoms with E-state index in [1.165, 1.54) is 0 Å². The number of imide groups is 1. The van der Waals surface area contributed by atoms with Crippen molar-refractivity contribution in [1.82, 2.24) is 20.4 Å². The molecule has 2 N–H and O–H groups in total. The van der Waals surface area contributed by atoms with Gasteiger partial charge in [0.05, 0.1) is 12.1 Å². The summed E-state index contributed by atoms with van der Waals surface area (Å²) in [5.41, 5.74) is 1.77. The maximum Gasteiger partial charge on any atom is 0.410 e. The van der Waals surface area contributed by atoms with Crippen LogP contribution in [0.2, 0.25) is 0 Å². The molecule has 3 aromatic rings. The number of amides is 4. The maximum absolute atomic E-state index is 13.2. The summed E-state index contributed by atoms with van der Waals surface area (Å²) in [6, 6.07) is 27.1. The van der Waals surface area contributed by atoms with Crippen LogP contribution in [-0.2, 0) is 4.74 Å². The van der Waals surface area contributed by atoms with Crippen LogP contribution in [0.15, 0.2) is 91.0 Å². The fourth-order valence-electron chi connectivity index (χ4n) is 4.72. The standard InChI is InChI=1S/C31H36N4O4/c1-31(2,3)39-30(38)35-21-19-34(20-22-35)27(24-15-9-5-10-16-24)26(23-13-7-4-8-14-23)32-29(37)33-28(36)25-17-11-6-12-18-25/h4-18,26-27H,19-22H2,1-3H3,(H2,32,33,36,37). The van der Waals surface area contributed by atoms with Gasteiger partial charge in [0.25, 0.3) is 5.91 Å². The van der Waals surface area contributed by atoms with Crippen LogP contribution in [0.3, 0.4) is 0 Å². The van der Waals surface area contributed by atoms with Gasteiger partial charge in [0.2, 0.25) is 0 Å². The summed E-state index contributed by atoms with van der Waals surface area (Å²) < 4.78 is 5.57. The van der Waals surface area contributed by atoms with E-state index >= 15 is 0 Å². The summed E-state index contributed by atoms with van der Waals surface area (Å²) in [6.45, 7) is 7.75. The van der Waals surface area contributed by atoms with E-state index in [9.17, 15) is 14.4 Å². The number of benzene rings is 3. The van der Waals surface area contributed by atoms with E-state index in [-0.39, 0.29) is 12.1 Å². The van der Waals surface area contributed by atoms with Gasteiger partial charge >= 0.3 is 12.1 Å². The average Bonchev–Trinajstić information content (AvgIpc) is 2.93. The zero-order valence-corrected chi connectivity index (χ0v) is 22.7. The van der Waals surface area contributed by atoms with Gasteiger partial charge in [-0.25, -0.2) is 9.59 Å². The van der Waals surface area contributed by atoms with Crippen LogP contribution in [0.4, 0.5) is 9.59 Å². The summed E-state index contributed by atoms with van der Waals surface area (Å²) in [6.07, 6.45) is -0.324. The number of rotatable bonds is 6. The second-order valence-corrected chi connectivity index (χ2v) is 10.5. The Balaban J connectivity index is 1.58. The molecule has 8 nitrogen and oxygen atoms in total. The lowest BCUT2D eigenvalue weighted by molar-refractivity contribution is 0.00815. The maximum atomic E-state index is 13.2. The molecule has 0 spiro atoms. The first-order valence-electron chi connectivity index (χ1n) is 13.2. The topological polar surface area (TPSA) is 91.0 Å². The molecule has 1 saturated heterocycles. The number of nitrogens with one attached hydrogen (secondary N) is 2. The Labute approximate surface area is 230 Å². The van der Waals surface area contributed by atoms with Crippen molar-refractivity contribution in [3.8, 4) is 0 Å². The lowest BCUT2D eigenvalue weighted by Crippen LogP contribution is -2.53. The van der Waals surface area contributed by atoms with Crippen molar-refractivity contribution < 1.29 is 19.1 Å². The minimum Gasteiger partial charge on any atom is -0.444 e. The molecule has 2 atom stereocenters. The van der Waals surface area contributed by atoms with Crippen molar-refractivity contribution in [2.45, 2.75) is 38.5 Å². The van der Waals surface area contributed by atoms with Crippen molar-refractivity contribution >= 4 is 18.0 Å². The summed E-state index contributed by atoms with van der Waals surface area (Å²) in [7, 11) is 0. The largest absolute Gasteiger partial charge is 0.444 e. The zero-order chi connectivity index (χ0) is 27.8. The molecule has 0 bridgehead atoms. The predicted octanol–water partition coefficient (Wildman–Crippen LogP) is 5.16. The summed E-state index contributed by atoms with van der Waals surface area (Å²) >= 11 is 0. The third-order valence-electron chi connectivity index (χ3n) is 6.52. The van der Waals surface area contributed by atoms with Crippen LogP contribution in [0.25, 0.3) is 0 Å². The molecule has 0 saturated carbocycles. The second-order valence-electron chi connectivity index (χ2n) is 10.5. The molecule has 3 aromatic carbocycles. The van der Waals surface area contributed by atoms with E-state index in [0.29, 0.717) is 31.7 Å². The van der Waals surface area contributed by atoms with Gasteiger partial charge in [0.1, 0.15) is 5.60 Å². The molecule has 1 fully saturated rings. The molecule has 0 aromatic heterocycles. The normalized spacial score (nSPS) is 15.6. The second kappa shape index (κ2) is 12.6. The van der Waals surface area contributed by atoms with E-state index in [1.54, 1.807) is 29.2 Å². The summed E-state index contributed by atoms with van der Waals surface area (Å²) in [5.74, 6) is -0.470. The number of carbonyl (C=O) groups excluding carboxylic acids is 3. The molecule has 2 unspecified atom stereocenters. The number of urea groups is 1. The monoisotopic (exact) mass is 528 g/mol. The van der Waals surface area contributed by atoms with Crippen LogP contribution in [0.1, 0.15) is 54.3 Å². The molecule has 39 heavy (non-hydrogen) atoms. The Morgan fingerprint density at radius 2 is 1.26 bits per heavy atom. The molecule has 0 radical (unpaired) electrons. The lowest BCUT2D eigenvalue weighted by atomic mass is 9.91. The van der Waals surface area contributed by atoms with Crippen molar-refractivity contribution in [3.63, 3.8) is 0 Å². The molecule has 204 valence electrons. The van der Waals surface area contributed by atoms with Gasteiger partial charge in [0.15, 0.2) is 0 Å². The average molecular weight is 529 g/mol. The Bertz CT molecular complexity index is 1240. The number of hydrogen-bond acceptors (Lipinski definition) is 5. The fourth-order valence-corrected chi connectivity index (χ4v) is 4.72. The van der Waals surface area contributed by atoms with Gasteiger partial charge in [-0.05, 0) is 44.0 Å². The Hall–Kier alpha value is -4.17. The van der Waals surface area contributed by atoms with E-state index in [4.69, 9.17) is 4.74 Å². The first kappa shape index (κ1) is 27.9. The molecule has 1 heterocycles. The quantitative estimate of drug-likeness (QED) is 0.461. The van der Waals surface area contributed by atoms with E-state index in [0.717, 1.165) is 11.1 Å². The first-order chi connectivity index (χ1) is 18.7. The molecular weight excluding hydrogens is 492 g/mol. The Morgan fingerprint density at radius 3 is 1.79 bits per heavy atom. The van der Waals surface area contributed by atoms with Crippen molar-refractivity contribution in [2.24, 2.45) is 0 Å². The Kier molecular flexibility index (Phi) is 8.99. The molecule has 1 aliphatic heterocycles. The van der Waals surface area contributed by atoms with Crippen LogP contribution < -0.4 is 10.6 Å². The molecule has 4 rings (SSSR count). The highest BCUT2D eigenvalue weighted by atomic mass is 16.6. The highest BCUT2D eigenvalue weighted by Gasteiger charge is 2.35. The fraction of sp³-hybridized carbons (Fsp3) is 0.323. The number of ether oxygens (including phenoxy) is 1.